The lowest BCUT2D eigenvalue weighted by Crippen LogP contribution is -2.49. The summed E-state index contributed by atoms with van der Waals surface area (Å²) in [6.45, 7) is 0.699. The second kappa shape index (κ2) is 4.04. The third-order valence-electron chi connectivity index (χ3n) is 3.40. The number of imide groups is 1. The maximum absolute atomic E-state index is 12.0. The summed E-state index contributed by atoms with van der Waals surface area (Å²) in [7, 11) is 0. The van der Waals surface area contributed by atoms with E-state index < -0.39 is 11.6 Å². The highest BCUT2D eigenvalue weighted by Gasteiger charge is 2.51. The molecular weight excluding hydrogens is 252 g/mol. The molecule has 100 valence electrons. The Balaban J connectivity index is 1.67. The van der Waals surface area contributed by atoms with Crippen molar-refractivity contribution in [2.24, 2.45) is 0 Å². The van der Waals surface area contributed by atoms with Crippen molar-refractivity contribution in [1.82, 2.24) is 30.3 Å². The summed E-state index contributed by atoms with van der Waals surface area (Å²) in [5.41, 5.74) is -0.963. The van der Waals surface area contributed by atoms with Gasteiger partial charge in [-0.1, -0.05) is 0 Å². The first-order chi connectivity index (χ1) is 9.09. The zero-order chi connectivity index (χ0) is 13.5. The lowest BCUT2D eigenvalue weighted by molar-refractivity contribution is -0.131. The number of nitrogens with zero attached hydrogens (tertiary/aromatic N) is 4. The van der Waals surface area contributed by atoms with Gasteiger partial charge in [-0.3, -0.25) is 14.9 Å². The standard InChI is InChI=1S/C10H12N6O3/c17-7(3-16-6-11-5-12-16)15-2-1-10(4-15)8(18)13-9(19)14-10/h5-6H,1-4H2,(H2,13,14,18,19). The molecule has 19 heavy (non-hydrogen) atoms. The SMILES string of the molecule is O=C1NC(=O)C2(CCN(C(=O)Cn3cncn3)C2)N1. The van der Waals surface area contributed by atoms with Gasteiger partial charge in [0.15, 0.2) is 0 Å². The van der Waals surface area contributed by atoms with Crippen LogP contribution in [0.1, 0.15) is 6.42 Å². The molecule has 2 aliphatic heterocycles. The molecule has 0 aromatic carbocycles. The fraction of sp³-hybridized carbons (Fsp3) is 0.500. The van der Waals surface area contributed by atoms with Crippen LogP contribution in [0, 0.1) is 0 Å². The van der Waals surface area contributed by atoms with Gasteiger partial charge in [0, 0.05) is 6.54 Å². The fourth-order valence-corrected chi connectivity index (χ4v) is 2.39. The molecule has 0 aliphatic carbocycles. The molecule has 3 rings (SSSR count). The monoisotopic (exact) mass is 264 g/mol. The van der Waals surface area contributed by atoms with Gasteiger partial charge in [0.2, 0.25) is 5.91 Å². The number of hydrogen-bond donors (Lipinski definition) is 2. The molecule has 2 fully saturated rings. The fourth-order valence-electron chi connectivity index (χ4n) is 2.39. The molecule has 3 heterocycles. The first-order valence-electron chi connectivity index (χ1n) is 5.83. The van der Waals surface area contributed by atoms with E-state index in [1.165, 1.54) is 17.3 Å². The van der Waals surface area contributed by atoms with Gasteiger partial charge < -0.3 is 10.2 Å². The topological polar surface area (TPSA) is 109 Å². The van der Waals surface area contributed by atoms with Crippen LogP contribution >= 0.6 is 0 Å². The molecule has 9 heteroatoms. The number of amides is 4. The molecule has 1 aromatic heterocycles. The molecule has 0 bridgehead atoms. The van der Waals surface area contributed by atoms with Gasteiger partial charge in [0.05, 0.1) is 6.54 Å². The highest BCUT2D eigenvalue weighted by molar-refractivity contribution is 6.07. The third kappa shape index (κ3) is 1.92. The highest BCUT2D eigenvalue weighted by atomic mass is 16.2. The normalized spacial score (nSPS) is 25.8. The van der Waals surface area contributed by atoms with Crippen LogP contribution in [-0.2, 0) is 16.1 Å². The Hall–Kier alpha value is -2.45. The summed E-state index contributed by atoms with van der Waals surface area (Å²) in [4.78, 5) is 40.2. The van der Waals surface area contributed by atoms with E-state index in [-0.39, 0.29) is 24.9 Å². The molecular formula is C10H12N6O3. The summed E-state index contributed by atoms with van der Waals surface area (Å²) < 4.78 is 1.42. The van der Waals surface area contributed by atoms with Gasteiger partial charge >= 0.3 is 6.03 Å². The average Bonchev–Trinajstić information content (AvgIpc) is 3.03. The largest absolute Gasteiger partial charge is 0.338 e. The molecule has 1 spiro atoms. The van der Waals surface area contributed by atoms with E-state index >= 15 is 0 Å². The molecule has 1 aromatic rings. The number of urea groups is 1. The summed E-state index contributed by atoms with van der Waals surface area (Å²) in [5.74, 6) is -0.523. The van der Waals surface area contributed by atoms with Crippen LogP contribution in [0.3, 0.4) is 0 Å². The van der Waals surface area contributed by atoms with Crippen molar-refractivity contribution in [2.75, 3.05) is 13.1 Å². The Morgan fingerprint density at radius 2 is 2.32 bits per heavy atom. The second-order valence-electron chi connectivity index (χ2n) is 4.65. The van der Waals surface area contributed by atoms with Crippen LogP contribution in [0.15, 0.2) is 12.7 Å². The minimum absolute atomic E-state index is 0.0750. The van der Waals surface area contributed by atoms with E-state index in [9.17, 15) is 14.4 Å². The smallest absolute Gasteiger partial charge is 0.322 e. The van der Waals surface area contributed by atoms with Gasteiger partial charge in [0.25, 0.3) is 5.91 Å². The lowest BCUT2D eigenvalue weighted by atomic mass is 10.00. The highest BCUT2D eigenvalue weighted by Crippen LogP contribution is 2.24. The van der Waals surface area contributed by atoms with Crippen LogP contribution in [0.2, 0.25) is 0 Å². The molecule has 2 aliphatic rings. The van der Waals surface area contributed by atoms with Gasteiger partial charge in [-0.2, -0.15) is 5.10 Å². The van der Waals surface area contributed by atoms with Crippen LogP contribution in [0.4, 0.5) is 4.79 Å². The van der Waals surface area contributed by atoms with Crippen LogP contribution in [-0.4, -0.2) is 56.1 Å². The molecule has 0 saturated carbocycles. The molecule has 1 unspecified atom stereocenters. The predicted octanol–water partition coefficient (Wildman–Crippen LogP) is -1.91. The Kier molecular flexibility index (Phi) is 2.47. The van der Waals surface area contributed by atoms with Gasteiger partial charge in [-0.15, -0.1) is 0 Å². The van der Waals surface area contributed by atoms with Crippen molar-refractivity contribution in [2.45, 2.75) is 18.5 Å². The van der Waals surface area contributed by atoms with Gasteiger partial charge in [-0.25, -0.2) is 14.5 Å². The number of likely N-dealkylation sites (tertiary alicyclic amines) is 1. The van der Waals surface area contributed by atoms with E-state index in [1.54, 1.807) is 4.90 Å². The van der Waals surface area contributed by atoms with Crippen molar-refractivity contribution in [3.05, 3.63) is 12.7 Å². The Morgan fingerprint density at radius 1 is 1.47 bits per heavy atom. The average molecular weight is 264 g/mol. The van der Waals surface area contributed by atoms with E-state index in [0.29, 0.717) is 13.0 Å². The van der Waals surface area contributed by atoms with Crippen LogP contribution in [0.25, 0.3) is 0 Å². The number of hydrogen-bond acceptors (Lipinski definition) is 5. The summed E-state index contributed by atoms with van der Waals surface area (Å²) in [5, 5.41) is 8.65. The van der Waals surface area contributed by atoms with Crippen LogP contribution < -0.4 is 10.6 Å². The minimum Gasteiger partial charge on any atom is -0.338 e. The number of nitrogens with one attached hydrogen (secondary N) is 2. The summed E-state index contributed by atoms with van der Waals surface area (Å²) >= 11 is 0. The Morgan fingerprint density at radius 3 is 2.95 bits per heavy atom. The molecule has 0 radical (unpaired) electrons. The number of carbonyl (C=O) groups is 3. The third-order valence-corrected chi connectivity index (χ3v) is 3.40. The molecule has 2 saturated heterocycles. The summed E-state index contributed by atoms with van der Waals surface area (Å²) in [6.07, 6.45) is 3.23. The van der Waals surface area contributed by atoms with E-state index in [0.717, 1.165) is 0 Å². The van der Waals surface area contributed by atoms with Gasteiger partial charge in [0.1, 0.15) is 24.7 Å². The second-order valence-corrected chi connectivity index (χ2v) is 4.65. The first-order valence-corrected chi connectivity index (χ1v) is 5.83. The Labute approximate surface area is 108 Å². The molecule has 1 atom stereocenters. The van der Waals surface area contributed by atoms with E-state index in [4.69, 9.17) is 0 Å². The number of carbonyl (C=O) groups excluding carboxylic acids is 3. The van der Waals surface area contributed by atoms with Gasteiger partial charge in [-0.05, 0) is 6.42 Å². The van der Waals surface area contributed by atoms with E-state index in [1.807, 2.05) is 0 Å². The first kappa shape index (κ1) is 11.6. The Bertz CT molecular complexity index is 541. The minimum atomic E-state index is -0.963. The zero-order valence-electron chi connectivity index (χ0n) is 10.00. The number of rotatable bonds is 2. The summed E-state index contributed by atoms with van der Waals surface area (Å²) in [6, 6.07) is -0.504. The van der Waals surface area contributed by atoms with E-state index in [2.05, 4.69) is 20.7 Å². The lowest BCUT2D eigenvalue weighted by Gasteiger charge is -2.20. The maximum atomic E-state index is 12.0. The van der Waals surface area contributed by atoms with Crippen molar-refractivity contribution in [1.29, 1.82) is 0 Å². The molecule has 9 nitrogen and oxygen atoms in total. The quantitative estimate of drug-likeness (QED) is 0.606. The van der Waals surface area contributed by atoms with Crippen molar-refractivity contribution < 1.29 is 14.4 Å². The van der Waals surface area contributed by atoms with Crippen molar-refractivity contribution in [3.63, 3.8) is 0 Å². The molecule has 4 amide bonds. The molecule has 2 N–H and O–H groups in total. The predicted molar refractivity (Wildman–Crippen MR) is 60.6 cm³/mol. The maximum Gasteiger partial charge on any atom is 0.322 e. The number of aromatic nitrogens is 3. The van der Waals surface area contributed by atoms with Crippen molar-refractivity contribution in [3.8, 4) is 0 Å². The van der Waals surface area contributed by atoms with Crippen molar-refractivity contribution >= 4 is 17.8 Å². The zero-order valence-corrected chi connectivity index (χ0v) is 10.00. The van der Waals surface area contributed by atoms with Crippen LogP contribution in [0.5, 0.6) is 0 Å².